The molecule has 2 nitrogen and oxygen atoms in total. The van der Waals surface area contributed by atoms with Crippen molar-refractivity contribution in [2.24, 2.45) is 11.8 Å². The van der Waals surface area contributed by atoms with Crippen molar-refractivity contribution in [1.29, 1.82) is 0 Å². The Kier molecular flexibility index (Phi) is 4.40. The van der Waals surface area contributed by atoms with Crippen molar-refractivity contribution in [3.63, 3.8) is 0 Å². The largest absolute Gasteiger partial charge is 0.396 e. The SMILES string of the molecule is CN1CCC(C(CO)CS)CC1. The number of piperidine rings is 1. The zero-order valence-corrected chi connectivity index (χ0v) is 8.63. The van der Waals surface area contributed by atoms with Gasteiger partial charge in [0, 0.05) is 6.61 Å². The Bertz CT molecular complexity index is 120. The highest BCUT2D eigenvalue weighted by Gasteiger charge is 2.23. The summed E-state index contributed by atoms with van der Waals surface area (Å²) in [4.78, 5) is 2.35. The summed E-state index contributed by atoms with van der Waals surface area (Å²) in [5.74, 6) is 1.94. The number of hydrogen-bond donors (Lipinski definition) is 2. The maximum atomic E-state index is 9.08. The lowest BCUT2D eigenvalue weighted by Crippen LogP contribution is -2.34. The molecule has 0 aromatic heterocycles. The van der Waals surface area contributed by atoms with Crippen molar-refractivity contribution in [2.45, 2.75) is 12.8 Å². The third kappa shape index (κ3) is 2.64. The Morgan fingerprint density at radius 3 is 2.50 bits per heavy atom. The fraction of sp³-hybridized carbons (Fsp3) is 1.00. The molecule has 72 valence electrons. The molecule has 3 heteroatoms. The Balaban J connectivity index is 2.32. The second kappa shape index (κ2) is 5.10. The molecule has 1 rings (SSSR count). The van der Waals surface area contributed by atoms with Crippen LogP contribution in [-0.2, 0) is 0 Å². The Hall–Kier alpha value is 0.270. The van der Waals surface area contributed by atoms with Crippen LogP contribution in [0.2, 0.25) is 0 Å². The smallest absolute Gasteiger partial charge is 0.0469 e. The van der Waals surface area contributed by atoms with Crippen molar-refractivity contribution in [1.82, 2.24) is 4.90 Å². The highest BCUT2D eigenvalue weighted by Crippen LogP contribution is 2.24. The van der Waals surface area contributed by atoms with Crippen LogP contribution in [0.15, 0.2) is 0 Å². The van der Waals surface area contributed by atoms with Gasteiger partial charge in [-0.1, -0.05) is 0 Å². The fourth-order valence-corrected chi connectivity index (χ4v) is 2.27. The molecule has 0 spiro atoms. The highest BCUT2D eigenvalue weighted by atomic mass is 32.1. The summed E-state index contributed by atoms with van der Waals surface area (Å²) in [5, 5.41) is 9.08. The van der Waals surface area contributed by atoms with Gasteiger partial charge in [-0.25, -0.2) is 0 Å². The maximum absolute atomic E-state index is 9.08. The Morgan fingerprint density at radius 2 is 2.08 bits per heavy atom. The van der Waals surface area contributed by atoms with Gasteiger partial charge in [0.05, 0.1) is 0 Å². The molecule has 0 radical (unpaired) electrons. The van der Waals surface area contributed by atoms with E-state index in [1.54, 1.807) is 0 Å². The molecule has 1 N–H and O–H groups in total. The van der Waals surface area contributed by atoms with Gasteiger partial charge in [0.25, 0.3) is 0 Å². The van der Waals surface area contributed by atoms with Crippen LogP contribution in [0.5, 0.6) is 0 Å². The molecule has 0 aliphatic carbocycles. The molecule has 0 aromatic carbocycles. The van der Waals surface area contributed by atoms with Crippen molar-refractivity contribution < 1.29 is 5.11 Å². The molecule has 12 heavy (non-hydrogen) atoms. The molecule has 1 aliphatic rings. The van der Waals surface area contributed by atoms with E-state index < -0.39 is 0 Å². The van der Waals surface area contributed by atoms with Gasteiger partial charge in [-0.05, 0) is 50.6 Å². The van der Waals surface area contributed by atoms with Gasteiger partial charge >= 0.3 is 0 Å². The van der Waals surface area contributed by atoms with Crippen molar-refractivity contribution in [3.8, 4) is 0 Å². The lowest BCUT2D eigenvalue weighted by atomic mass is 9.86. The van der Waals surface area contributed by atoms with Crippen LogP contribution in [0.25, 0.3) is 0 Å². The van der Waals surface area contributed by atoms with E-state index in [-0.39, 0.29) is 0 Å². The fourth-order valence-electron chi connectivity index (χ4n) is 1.86. The Labute approximate surface area is 80.4 Å². The van der Waals surface area contributed by atoms with Crippen LogP contribution < -0.4 is 0 Å². The summed E-state index contributed by atoms with van der Waals surface area (Å²) in [5.41, 5.74) is 0. The minimum atomic E-state index is 0.303. The van der Waals surface area contributed by atoms with Gasteiger partial charge in [0.2, 0.25) is 0 Å². The Morgan fingerprint density at radius 1 is 1.50 bits per heavy atom. The summed E-state index contributed by atoms with van der Waals surface area (Å²) in [6.45, 7) is 2.65. The first kappa shape index (κ1) is 10.4. The van der Waals surface area contributed by atoms with E-state index in [0.717, 1.165) is 5.75 Å². The van der Waals surface area contributed by atoms with E-state index in [4.69, 9.17) is 5.11 Å². The zero-order valence-electron chi connectivity index (χ0n) is 7.74. The number of aliphatic hydroxyl groups is 1. The second-order valence-electron chi connectivity index (χ2n) is 3.77. The number of thiol groups is 1. The molecule has 0 saturated carbocycles. The standard InChI is InChI=1S/C9H19NOS/c1-10-4-2-8(3-5-10)9(6-11)7-12/h8-9,11-12H,2-7H2,1H3. The van der Waals surface area contributed by atoms with E-state index in [2.05, 4.69) is 24.6 Å². The molecule has 1 atom stereocenters. The average molecular weight is 189 g/mol. The first-order valence-electron chi connectivity index (χ1n) is 4.68. The van der Waals surface area contributed by atoms with Crippen LogP contribution in [-0.4, -0.2) is 42.5 Å². The number of likely N-dealkylation sites (tertiary alicyclic amines) is 1. The van der Waals surface area contributed by atoms with E-state index in [1.165, 1.54) is 25.9 Å². The molecule has 1 aliphatic heterocycles. The molecular weight excluding hydrogens is 170 g/mol. The quantitative estimate of drug-likeness (QED) is 0.644. The highest BCUT2D eigenvalue weighted by molar-refractivity contribution is 7.80. The lowest BCUT2D eigenvalue weighted by molar-refractivity contribution is 0.131. The number of rotatable bonds is 3. The summed E-state index contributed by atoms with van der Waals surface area (Å²) in [7, 11) is 2.16. The van der Waals surface area contributed by atoms with E-state index in [9.17, 15) is 0 Å². The predicted octanol–water partition coefficient (Wildman–Crippen LogP) is 0.866. The topological polar surface area (TPSA) is 23.5 Å². The maximum Gasteiger partial charge on any atom is 0.0469 e. The van der Waals surface area contributed by atoms with E-state index in [0.29, 0.717) is 18.4 Å². The van der Waals surface area contributed by atoms with Gasteiger partial charge in [-0.3, -0.25) is 0 Å². The summed E-state index contributed by atoms with van der Waals surface area (Å²) >= 11 is 4.25. The van der Waals surface area contributed by atoms with Gasteiger partial charge < -0.3 is 10.0 Å². The van der Waals surface area contributed by atoms with Crippen LogP contribution >= 0.6 is 12.6 Å². The monoisotopic (exact) mass is 189 g/mol. The summed E-state index contributed by atoms with van der Waals surface area (Å²) in [6, 6.07) is 0. The minimum Gasteiger partial charge on any atom is -0.396 e. The minimum absolute atomic E-state index is 0.303. The van der Waals surface area contributed by atoms with Crippen LogP contribution in [0.4, 0.5) is 0 Å². The molecule has 1 heterocycles. The van der Waals surface area contributed by atoms with E-state index in [1.807, 2.05) is 0 Å². The average Bonchev–Trinajstić information content (AvgIpc) is 2.10. The summed E-state index contributed by atoms with van der Waals surface area (Å²) in [6.07, 6.45) is 2.45. The molecule has 0 bridgehead atoms. The number of hydrogen-bond acceptors (Lipinski definition) is 3. The van der Waals surface area contributed by atoms with Crippen molar-refractivity contribution in [3.05, 3.63) is 0 Å². The van der Waals surface area contributed by atoms with Gasteiger partial charge in [0.15, 0.2) is 0 Å². The third-order valence-electron chi connectivity index (χ3n) is 2.90. The molecular formula is C9H19NOS. The molecule has 0 amide bonds. The van der Waals surface area contributed by atoms with Crippen molar-refractivity contribution >= 4 is 12.6 Å². The zero-order chi connectivity index (χ0) is 8.97. The lowest BCUT2D eigenvalue weighted by Gasteiger charge is -2.32. The predicted molar refractivity (Wildman–Crippen MR) is 54.6 cm³/mol. The van der Waals surface area contributed by atoms with Crippen molar-refractivity contribution in [2.75, 3.05) is 32.5 Å². The van der Waals surface area contributed by atoms with Gasteiger partial charge in [-0.15, -0.1) is 0 Å². The number of aliphatic hydroxyl groups excluding tert-OH is 1. The first-order valence-corrected chi connectivity index (χ1v) is 5.31. The van der Waals surface area contributed by atoms with Crippen LogP contribution in [0.1, 0.15) is 12.8 Å². The molecule has 1 unspecified atom stereocenters. The van der Waals surface area contributed by atoms with E-state index >= 15 is 0 Å². The number of nitrogens with zero attached hydrogens (tertiary/aromatic N) is 1. The van der Waals surface area contributed by atoms with Gasteiger partial charge in [0.1, 0.15) is 0 Å². The second-order valence-corrected chi connectivity index (χ2v) is 4.13. The van der Waals surface area contributed by atoms with Crippen LogP contribution in [0, 0.1) is 11.8 Å². The van der Waals surface area contributed by atoms with Gasteiger partial charge in [-0.2, -0.15) is 12.6 Å². The normalized spacial score (nSPS) is 24.2. The molecule has 1 fully saturated rings. The molecule has 1 saturated heterocycles. The summed E-state index contributed by atoms with van der Waals surface area (Å²) < 4.78 is 0. The third-order valence-corrected chi connectivity index (χ3v) is 3.37. The first-order chi connectivity index (χ1) is 5.77. The molecule has 0 aromatic rings. The van der Waals surface area contributed by atoms with Crippen LogP contribution in [0.3, 0.4) is 0 Å².